The normalized spacial score (nSPS) is 33.7. The lowest BCUT2D eigenvalue weighted by molar-refractivity contribution is -0.302. The van der Waals surface area contributed by atoms with Crippen molar-refractivity contribution in [3.63, 3.8) is 0 Å². The van der Waals surface area contributed by atoms with Crippen LogP contribution in [0.15, 0.2) is 5.11 Å². The Balaban J connectivity index is 2.26. The van der Waals surface area contributed by atoms with Gasteiger partial charge in [0.1, 0.15) is 24.4 Å². The third kappa shape index (κ3) is 4.85. The summed E-state index contributed by atoms with van der Waals surface area (Å²) in [7, 11) is 0. The van der Waals surface area contributed by atoms with Gasteiger partial charge in [-0.15, -0.1) is 0 Å². The van der Waals surface area contributed by atoms with Crippen LogP contribution >= 0.6 is 0 Å². The zero-order valence-corrected chi connectivity index (χ0v) is 10.8. The van der Waals surface area contributed by atoms with Crippen molar-refractivity contribution in [2.24, 2.45) is 5.11 Å². The van der Waals surface area contributed by atoms with E-state index in [0.717, 1.165) is 0 Å². The summed E-state index contributed by atoms with van der Waals surface area (Å²) in [6.45, 7) is 0.182. The lowest BCUT2D eigenvalue weighted by Crippen LogP contribution is -2.59. The van der Waals surface area contributed by atoms with Crippen molar-refractivity contribution < 1.29 is 34.6 Å². The van der Waals surface area contributed by atoms with Gasteiger partial charge in [-0.3, -0.25) is 0 Å². The van der Waals surface area contributed by atoms with Crippen molar-refractivity contribution in [2.75, 3.05) is 33.0 Å². The second-order valence-electron chi connectivity index (χ2n) is 4.13. The topological polar surface area (TPSA) is 157 Å². The van der Waals surface area contributed by atoms with Gasteiger partial charge in [-0.05, 0) is 5.53 Å². The Labute approximate surface area is 115 Å². The molecule has 1 saturated heterocycles. The van der Waals surface area contributed by atoms with Gasteiger partial charge in [0.05, 0.1) is 26.4 Å². The maximum absolute atomic E-state index is 9.66. The Morgan fingerprint density at radius 2 is 1.85 bits per heavy atom. The molecule has 1 rings (SSSR count). The molecule has 0 radical (unpaired) electrons. The molecule has 0 aromatic carbocycles. The molecule has 0 unspecified atom stereocenters. The van der Waals surface area contributed by atoms with Crippen LogP contribution in [-0.4, -0.2) is 84.1 Å². The van der Waals surface area contributed by atoms with Crippen LogP contribution in [0.1, 0.15) is 0 Å². The second-order valence-corrected chi connectivity index (χ2v) is 4.13. The molecule has 10 heteroatoms. The van der Waals surface area contributed by atoms with E-state index in [4.69, 9.17) is 24.8 Å². The number of azide groups is 1. The first-order valence-electron chi connectivity index (χ1n) is 6.12. The predicted molar refractivity (Wildman–Crippen MR) is 64.6 cm³/mol. The van der Waals surface area contributed by atoms with E-state index in [1.165, 1.54) is 0 Å². The molecular weight excluding hydrogens is 274 g/mol. The molecule has 0 aromatic rings. The summed E-state index contributed by atoms with van der Waals surface area (Å²) in [5.41, 5.74) is 8.03. The summed E-state index contributed by atoms with van der Waals surface area (Å²) < 4.78 is 15.4. The fraction of sp³-hybridized carbons (Fsp3) is 1.00. The van der Waals surface area contributed by atoms with Crippen LogP contribution in [0.25, 0.3) is 10.4 Å². The van der Waals surface area contributed by atoms with E-state index in [1.807, 2.05) is 0 Å². The van der Waals surface area contributed by atoms with Crippen LogP contribution in [0.3, 0.4) is 0 Å². The van der Waals surface area contributed by atoms with Crippen LogP contribution < -0.4 is 0 Å². The molecule has 0 amide bonds. The van der Waals surface area contributed by atoms with Crippen molar-refractivity contribution in [1.29, 1.82) is 0 Å². The van der Waals surface area contributed by atoms with Crippen LogP contribution in [0.4, 0.5) is 0 Å². The number of nitrogens with zero attached hydrogens (tertiary/aromatic N) is 3. The molecule has 0 bridgehead atoms. The molecule has 1 heterocycles. The average molecular weight is 293 g/mol. The molecule has 4 N–H and O–H groups in total. The van der Waals surface area contributed by atoms with E-state index in [2.05, 4.69) is 10.0 Å². The van der Waals surface area contributed by atoms with Crippen LogP contribution in [0, 0.1) is 0 Å². The third-order valence-electron chi connectivity index (χ3n) is 2.76. The molecule has 0 spiro atoms. The molecule has 1 fully saturated rings. The lowest BCUT2D eigenvalue weighted by atomic mass is 9.99. The molecule has 116 valence electrons. The van der Waals surface area contributed by atoms with E-state index >= 15 is 0 Å². The van der Waals surface area contributed by atoms with E-state index in [9.17, 15) is 15.3 Å². The molecule has 20 heavy (non-hydrogen) atoms. The maximum Gasteiger partial charge on any atom is 0.186 e. The minimum absolute atomic E-state index is 0.0684. The molecule has 5 atom stereocenters. The van der Waals surface area contributed by atoms with Gasteiger partial charge >= 0.3 is 0 Å². The Morgan fingerprint density at radius 3 is 2.50 bits per heavy atom. The number of aliphatic hydroxyl groups is 4. The molecule has 0 aromatic heterocycles. The molecule has 10 nitrogen and oxygen atoms in total. The highest BCUT2D eigenvalue weighted by molar-refractivity contribution is 4.88. The molecular formula is C10H19N3O7. The van der Waals surface area contributed by atoms with Crippen LogP contribution in [-0.2, 0) is 14.2 Å². The number of hydrogen-bond acceptors (Lipinski definition) is 8. The quantitative estimate of drug-likeness (QED) is 0.177. The van der Waals surface area contributed by atoms with Gasteiger partial charge in [0.25, 0.3) is 0 Å². The number of rotatable bonds is 8. The summed E-state index contributed by atoms with van der Waals surface area (Å²) in [6, 6.07) is 0. The van der Waals surface area contributed by atoms with Crippen molar-refractivity contribution in [2.45, 2.75) is 30.7 Å². The minimum atomic E-state index is -1.46. The van der Waals surface area contributed by atoms with Gasteiger partial charge in [0, 0.05) is 11.5 Å². The van der Waals surface area contributed by atoms with Crippen molar-refractivity contribution in [3.8, 4) is 0 Å². The summed E-state index contributed by atoms with van der Waals surface area (Å²) in [5, 5.41) is 41.0. The first-order chi connectivity index (χ1) is 9.61. The standard InChI is InChI=1S/C10H19N3O7/c11-13-12-1-2-18-3-4-19-10-9(17)8(16)7(15)6(5-14)20-10/h6-10,14-17H,1-5H2/t6-,7-,8+,9-,10-/m0/s1. The Morgan fingerprint density at radius 1 is 1.10 bits per heavy atom. The zero-order chi connectivity index (χ0) is 15.0. The highest BCUT2D eigenvalue weighted by Gasteiger charge is 2.43. The Hall–Kier alpha value is -0.970. The molecule has 1 aliphatic heterocycles. The summed E-state index contributed by atoms with van der Waals surface area (Å²) >= 11 is 0. The number of hydrogen-bond donors (Lipinski definition) is 4. The Bertz CT molecular complexity index is 324. The van der Waals surface area contributed by atoms with Gasteiger partial charge in [0.15, 0.2) is 6.29 Å². The zero-order valence-electron chi connectivity index (χ0n) is 10.8. The van der Waals surface area contributed by atoms with E-state index < -0.39 is 37.3 Å². The third-order valence-corrected chi connectivity index (χ3v) is 2.76. The van der Waals surface area contributed by atoms with Crippen LogP contribution in [0.5, 0.6) is 0 Å². The smallest absolute Gasteiger partial charge is 0.186 e. The van der Waals surface area contributed by atoms with Gasteiger partial charge in [0.2, 0.25) is 0 Å². The van der Waals surface area contributed by atoms with Gasteiger partial charge < -0.3 is 34.6 Å². The Kier molecular flexibility index (Phi) is 7.73. The van der Waals surface area contributed by atoms with E-state index in [-0.39, 0.29) is 26.4 Å². The molecule has 1 aliphatic rings. The van der Waals surface area contributed by atoms with E-state index in [0.29, 0.717) is 0 Å². The summed E-state index contributed by atoms with van der Waals surface area (Å²) in [4.78, 5) is 2.56. The fourth-order valence-corrected chi connectivity index (χ4v) is 1.68. The second kappa shape index (κ2) is 9.06. The highest BCUT2D eigenvalue weighted by atomic mass is 16.7. The minimum Gasteiger partial charge on any atom is -0.394 e. The van der Waals surface area contributed by atoms with Crippen LogP contribution in [0.2, 0.25) is 0 Å². The summed E-state index contributed by atoms with van der Waals surface area (Å²) in [5.74, 6) is 0. The highest BCUT2D eigenvalue weighted by Crippen LogP contribution is 2.21. The van der Waals surface area contributed by atoms with Gasteiger partial charge in [-0.2, -0.15) is 0 Å². The van der Waals surface area contributed by atoms with Gasteiger partial charge in [-0.25, -0.2) is 0 Å². The number of ether oxygens (including phenoxy) is 3. The maximum atomic E-state index is 9.66. The van der Waals surface area contributed by atoms with Crippen molar-refractivity contribution in [3.05, 3.63) is 10.4 Å². The predicted octanol–water partition coefficient (Wildman–Crippen LogP) is -1.87. The first-order valence-corrected chi connectivity index (χ1v) is 6.12. The first kappa shape index (κ1) is 17.1. The summed E-state index contributed by atoms with van der Waals surface area (Å²) in [6.07, 6.45) is -6.45. The SMILES string of the molecule is [N-]=[N+]=NCCOCCO[C@H]1O[C@@H](CO)[C@H](O)[C@@H](O)[C@@H]1O. The van der Waals surface area contributed by atoms with Gasteiger partial charge in [-0.1, -0.05) is 5.11 Å². The number of aliphatic hydroxyl groups excluding tert-OH is 4. The monoisotopic (exact) mass is 293 g/mol. The average Bonchev–Trinajstić information content (AvgIpc) is 2.46. The largest absolute Gasteiger partial charge is 0.394 e. The fourth-order valence-electron chi connectivity index (χ4n) is 1.68. The lowest BCUT2D eigenvalue weighted by Gasteiger charge is -2.39. The molecule has 0 saturated carbocycles. The molecule has 0 aliphatic carbocycles. The van der Waals surface area contributed by atoms with Crippen molar-refractivity contribution in [1.82, 2.24) is 0 Å². The van der Waals surface area contributed by atoms with Crippen molar-refractivity contribution >= 4 is 0 Å². The van der Waals surface area contributed by atoms with E-state index in [1.54, 1.807) is 0 Å².